The smallest absolute Gasteiger partial charge is 0.362 e. The van der Waals surface area contributed by atoms with Crippen LogP contribution in [0.2, 0.25) is 0 Å². The lowest BCUT2D eigenvalue weighted by Gasteiger charge is -2.31. The van der Waals surface area contributed by atoms with E-state index in [2.05, 4.69) is 50.3 Å². The number of hydrogen-bond acceptors (Lipinski definition) is 6. The molecule has 0 aromatic carbocycles. The van der Waals surface area contributed by atoms with Crippen LogP contribution in [0.4, 0.5) is 0 Å². The number of quaternary nitrogens is 1. The van der Waals surface area contributed by atoms with Crippen LogP contribution in [0.25, 0.3) is 0 Å². The van der Waals surface area contributed by atoms with Crippen LogP contribution in [0.5, 0.6) is 0 Å². The number of ether oxygens (including phenoxy) is 3. The number of aliphatic carboxylic acids is 1. The van der Waals surface area contributed by atoms with Crippen LogP contribution in [0, 0.1) is 0 Å². The third-order valence-corrected chi connectivity index (χ3v) is 9.01. The highest BCUT2D eigenvalue weighted by molar-refractivity contribution is 5.72. The van der Waals surface area contributed by atoms with Crippen molar-refractivity contribution in [3.8, 4) is 0 Å². The minimum absolute atomic E-state index is 0.0533. The summed E-state index contributed by atoms with van der Waals surface area (Å²) in [7, 11) is 5.51. The highest BCUT2D eigenvalue weighted by atomic mass is 16.6. The van der Waals surface area contributed by atoms with E-state index >= 15 is 0 Å². The number of hydrogen-bond donors (Lipinski definition) is 1. The van der Waals surface area contributed by atoms with Crippen molar-refractivity contribution in [3.05, 3.63) is 36.5 Å². The lowest BCUT2D eigenvalue weighted by Crippen LogP contribution is -2.50. The van der Waals surface area contributed by atoms with Crippen LogP contribution in [-0.2, 0) is 28.6 Å². The summed E-state index contributed by atoms with van der Waals surface area (Å²) in [5.74, 6) is -1.50. The summed E-state index contributed by atoms with van der Waals surface area (Å²) < 4.78 is 17.2. The molecule has 1 N–H and O–H groups in total. The summed E-state index contributed by atoms with van der Waals surface area (Å²) in [5.41, 5.74) is 0. The first kappa shape index (κ1) is 48.5. The first-order valence-electron chi connectivity index (χ1n) is 20.5. The summed E-state index contributed by atoms with van der Waals surface area (Å²) in [4.78, 5) is 36.8. The molecule has 0 aliphatic heterocycles. The molecule has 0 aliphatic rings. The molecular formula is C43H78NO7+. The number of rotatable bonds is 36. The summed E-state index contributed by atoms with van der Waals surface area (Å²) in [6.45, 7) is 4.65. The van der Waals surface area contributed by atoms with Gasteiger partial charge in [-0.1, -0.05) is 121 Å². The molecule has 0 aromatic heterocycles. The van der Waals surface area contributed by atoms with Gasteiger partial charge in [0.2, 0.25) is 0 Å². The van der Waals surface area contributed by atoms with E-state index in [4.69, 9.17) is 14.2 Å². The van der Waals surface area contributed by atoms with Gasteiger partial charge in [0.05, 0.1) is 34.4 Å². The average molecular weight is 721 g/mol. The molecule has 0 fully saturated rings. The molecule has 51 heavy (non-hydrogen) atoms. The maximum Gasteiger partial charge on any atom is 0.362 e. The van der Waals surface area contributed by atoms with Gasteiger partial charge in [0.15, 0.2) is 12.1 Å². The predicted molar refractivity (Wildman–Crippen MR) is 211 cm³/mol. The zero-order valence-electron chi connectivity index (χ0n) is 33.6. The zero-order valence-corrected chi connectivity index (χ0v) is 33.6. The lowest BCUT2D eigenvalue weighted by molar-refractivity contribution is -0.887. The molecule has 8 nitrogen and oxygen atoms in total. The average Bonchev–Trinajstić information content (AvgIpc) is 3.08. The Morgan fingerprint density at radius 3 is 1.59 bits per heavy atom. The fourth-order valence-corrected chi connectivity index (χ4v) is 5.75. The van der Waals surface area contributed by atoms with Gasteiger partial charge in [0.1, 0.15) is 6.61 Å². The molecule has 296 valence electrons. The molecule has 0 amide bonds. The minimum atomic E-state index is -0.880. The molecular weight excluding hydrogens is 642 g/mol. The molecule has 0 heterocycles. The molecule has 0 spiro atoms. The van der Waals surface area contributed by atoms with Crippen molar-refractivity contribution in [3.63, 3.8) is 0 Å². The molecule has 0 radical (unpaired) electrons. The van der Waals surface area contributed by atoms with Crippen LogP contribution in [0.3, 0.4) is 0 Å². The van der Waals surface area contributed by atoms with E-state index in [-0.39, 0.29) is 36.2 Å². The number of allylic oxidation sites excluding steroid dienone is 6. The van der Waals surface area contributed by atoms with E-state index in [1.165, 1.54) is 57.8 Å². The van der Waals surface area contributed by atoms with Gasteiger partial charge >= 0.3 is 17.9 Å². The zero-order chi connectivity index (χ0) is 37.8. The van der Waals surface area contributed by atoms with E-state index < -0.39 is 18.1 Å². The van der Waals surface area contributed by atoms with Crippen molar-refractivity contribution >= 4 is 17.9 Å². The van der Waals surface area contributed by atoms with Gasteiger partial charge in [-0.3, -0.25) is 9.59 Å². The Morgan fingerprint density at radius 1 is 0.588 bits per heavy atom. The summed E-state index contributed by atoms with van der Waals surface area (Å²) in [6.07, 6.45) is 37.5. The van der Waals surface area contributed by atoms with E-state index in [0.29, 0.717) is 19.3 Å². The first-order valence-corrected chi connectivity index (χ1v) is 20.5. The second-order valence-electron chi connectivity index (χ2n) is 14.9. The Labute approximate surface area is 313 Å². The van der Waals surface area contributed by atoms with Crippen LogP contribution >= 0.6 is 0 Å². The van der Waals surface area contributed by atoms with Crippen LogP contribution in [0.1, 0.15) is 168 Å². The fraction of sp³-hybridized carbons (Fsp3) is 0.791. The van der Waals surface area contributed by atoms with E-state index in [0.717, 1.165) is 77.0 Å². The minimum Gasteiger partial charge on any atom is -0.477 e. The van der Waals surface area contributed by atoms with Gasteiger partial charge in [-0.15, -0.1) is 0 Å². The fourth-order valence-electron chi connectivity index (χ4n) is 5.75. The number of nitrogens with zero attached hydrogens (tertiary/aromatic N) is 1. The number of unbranched alkanes of at least 4 members (excludes halogenated alkanes) is 16. The molecule has 0 rings (SSSR count). The van der Waals surface area contributed by atoms with Gasteiger partial charge in [0, 0.05) is 19.3 Å². The second-order valence-corrected chi connectivity index (χ2v) is 14.9. The molecule has 0 saturated carbocycles. The third kappa shape index (κ3) is 33.2. The van der Waals surface area contributed by atoms with Crippen LogP contribution in [0.15, 0.2) is 36.5 Å². The molecule has 2 unspecified atom stereocenters. The number of likely N-dealkylation sites (N-methyl/N-ethyl adjacent to an activating group) is 1. The van der Waals surface area contributed by atoms with E-state index in [1.54, 1.807) is 0 Å². The molecule has 0 aromatic rings. The van der Waals surface area contributed by atoms with Crippen molar-refractivity contribution in [2.24, 2.45) is 0 Å². The first-order chi connectivity index (χ1) is 24.6. The van der Waals surface area contributed by atoms with Gasteiger partial charge in [-0.25, -0.2) is 4.79 Å². The second kappa shape index (κ2) is 34.6. The quantitative estimate of drug-likeness (QED) is 0.0298. The Hall–Kier alpha value is -2.45. The monoisotopic (exact) mass is 721 g/mol. The molecule has 0 saturated heterocycles. The lowest BCUT2D eigenvalue weighted by atomic mass is 10.1. The maximum absolute atomic E-state index is 12.7. The SMILES string of the molecule is CCCC/C=C\C/C=C\CCCCCCCC(=O)OC(COCCC(C(=O)O)[N+](C)(C)C)COC(=O)CCCCCCC/C=C\CCCCCC. The van der Waals surface area contributed by atoms with Crippen molar-refractivity contribution in [2.45, 2.75) is 180 Å². The van der Waals surface area contributed by atoms with Crippen molar-refractivity contribution in [1.29, 1.82) is 0 Å². The largest absolute Gasteiger partial charge is 0.477 e. The molecule has 0 aliphatic carbocycles. The van der Waals surface area contributed by atoms with Crippen molar-refractivity contribution in [2.75, 3.05) is 41.0 Å². The van der Waals surface area contributed by atoms with E-state index in [1.807, 2.05) is 21.1 Å². The maximum atomic E-state index is 12.7. The molecule has 2 atom stereocenters. The van der Waals surface area contributed by atoms with Crippen LogP contribution in [-0.4, -0.2) is 80.6 Å². The summed E-state index contributed by atoms with van der Waals surface area (Å²) >= 11 is 0. The Bertz CT molecular complexity index is 937. The van der Waals surface area contributed by atoms with Crippen molar-refractivity contribution in [1.82, 2.24) is 0 Å². The van der Waals surface area contributed by atoms with Gasteiger partial charge in [0.25, 0.3) is 0 Å². The topological polar surface area (TPSA) is 99.1 Å². The summed E-state index contributed by atoms with van der Waals surface area (Å²) in [6, 6.07) is -0.617. The van der Waals surface area contributed by atoms with Gasteiger partial charge in [-0.2, -0.15) is 0 Å². The Balaban J connectivity index is 4.43. The standard InChI is InChI=1S/C43H77NO7/c1-6-8-10-12-14-16-18-20-22-24-26-28-30-32-34-42(46)51-39(37-49-36-35-40(43(47)48)44(3,4)5)38-50-41(45)33-31-29-27-25-23-21-19-17-15-13-11-9-7-2/h12,14,17-20,39-40H,6-11,13,15-16,21-38H2,1-5H3/p+1/b14-12-,19-17-,20-18-. The third-order valence-electron chi connectivity index (χ3n) is 9.01. The van der Waals surface area contributed by atoms with Gasteiger partial charge in [-0.05, 0) is 64.2 Å². The molecule has 8 heteroatoms. The number of esters is 2. The highest BCUT2D eigenvalue weighted by Gasteiger charge is 2.31. The van der Waals surface area contributed by atoms with E-state index in [9.17, 15) is 19.5 Å². The summed E-state index contributed by atoms with van der Waals surface area (Å²) in [5, 5.41) is 9.59. The number of carboxylic acid groups (broad SMARTS) is 1. The molecule has 0 bridgehead atoms. The van der Waals surface area contributed by atoms with Gasteiger partial charge < -0.3 is 23.8 Å². The predicted octanol–water partition coefficient (Wildman–Crippen LogP) is 10.7. The van der Waals surface area contributed by atoms with Crippen LogP contribution < -0.4 is 0 Å². The number of carboxylic acids is 1. The Morgan fingerprint density at radius 2 is 1.06 bits per heavy atom. The number of carbonyl (C=O) groups excluding carboxylic acids is 2. The number of carbonyl (C=O) groups is 3. The Kier molecular flexibility index (Phi) is 33.0. The highest BCUT2D eigenvalue weighted by Crippen LogP contribution is 2.13. The van der Waals surface area contributed by atoms with Crippen molar-refractivity contribution < 1.29 is 38.2 Å². The normalized spacial score (nSPS) is 13.4.